The van der Waals surface area contributed by atoms with Crippen molar-refractivity contribution in [3.05, 3.63) is 35.9 Å². The van der Waals surface area contributed by atoms with E-state index in [0.29, 0.717) is 12.0 Å². The highest BCUT2D eigenvalue weighted by Gasteiger charge is 2.37. The lowest BCUT2D eigenvalue weighted by atomic mass is 9.83. The van der Waals surface area contributed by atoms with Gasteiger partial charge in [0, 0.05) is 12.6 Å². The number of nitrogens with zero attached hydrogens (tertiary/aromatic N) is 1. The van der Waals surface area contributed by atoms with Gasteiger partial charge in [-0.15, -0.1) is 0 Å². The molecule has 2 rings (SSSR count). The Morgan fingerprint density at radius 3 is 2.55 bits per heavy atom. The van der Waals surface area contributed by atoms with Gasteiger partial charge in [-0.3, -0.25) is 4.90 Å². The minimum absolute atomic E-state index is 0.492. The van der Waals surface area contributed by atoms with E-state index in [1.807, 2.05) is 6.92 Å². The van der Waals surface area contributed by atoms with Crippen molar-refractivity contribution < 1.29 is 5.11 Å². The molecule has 22 heavy (non-hydrogen) atoms. The molecule has 2 heteroatoms. The quantitative estimate of drug-likeness (QED) is 0.757. The van der Waals surface area contributed by atoms with E-state index in [-0.39, 0.29) is 0 Å². The second-order valence-corrected chi connectivity index (χ2v) is 7.31. The second kappa shape index (κ2) is 8.12. The molecule has 0 saturated carbocycles. The summed E-state index contributed by atoms with van der Waals surface area (Å²) in [6.07, 6.45) is 6.64. The van der Waals surface area contributed by atoms with Crippen LogP contribution in [-0.4, -0.2) is 28.2 Å². The third-order valence-corrected chi connectivity index (χ3v) is 5.10. The molecule has 0 radical (unpaired) electrons. The summed E-state index contributed by atoms with van der Waals surface area (Å²) in [5, 5.41) is 10.6. The molecule has 3 unspecified atom stereocenters. The molecule has 1 fully saturated rings. The van der Waals surface area contributed by atoms with Crippen molar-refractivity contribution in [2.75, 3.05) is 6.54 Å². The van der Waals surface area contributed by atoms with Crippen molar-refractivity contribution in [3.63, 3.8) is 0 Å². The van der Waals surface area contributed by atoms with E-state index in [2.05, 4.69) is 49.1 Å². The van der Waals surface area contributed by atoms with E-state index < -0.39 is 5.60 Å². The third-order valence-electron chi connectivity index (χ3n) is 5.10. The van der Waals surface area contributed by atoms with Gasteiger partial charge < -0.3 is 5.11 Å². The molecule has 1 heterocycles. The van der Waals surface area contributed by atoms with Crippen LogP contribution in [0.3, 0.4) is 0 Å². The maximum absolute atomic E-state index is 10.6. The van der Waals surface area contributed by atoms with Crippen LogP contribution in [0.25, 0.3) is 0 Å². The Morgan fingerprint density at radius 2 is 1.91 bits per heavy atom. The van der Waals surface area contributed by atoms with Crippen LogP contribution in [0.4, 0.5) is 0 Å². The highest BCUT2D eigenvalue weighted by atomic mass is 16.3. The molecule has 0 aliphatic carbocycles. The first-order valence-corrected chi connectivity index (χ1v) is 9.06. The molecule has 2 nitrogen and oxygen atoms in total. The van der Waals surface area contributed by atoms with Crippen molar-refractivity contribution in [2.24, 2.45) is 5.92 Å². The molecule has 0 amide bonds. The van der Waals surface area contributed by atoms with Crippen LogP contribution in [0.15, 0.2) is 30.3 Å². The van der Waals surface area contributed by atoms with E-state index in [0.717, 1.165) is 25.8 Å². The fraction of sp³-hybridized carbons (Fsp3) is 0.700. The zero-order chi connectivity index (χ0) is 16.0. The largest absolute Gasteiger partial charge is 0.390 e. The first-order chi connectivity index (χ1) is 10.6. The Bertz CT molecular complexity index is 429. The summed E-state index contributed by atoms with van der Waals surface area (Å²) in [5.41, 5.74) is 0.915. The molecule has 1 aromatic rings. The fourth-order valence-corrected chi connectivity index (χ4v) is 4.16. The molecule has 0 bridgehead atoms. The number of likely N-dealkylation sites (tertiary alicyclic amines) is 1. The molecule has 0 spiro atoms. The van der Waals surface area contributed by atoms with E-state index >= 15 is 0 Å². The minimum atomic E-state index is -0.492. The number of benzene rings is 1. The highest BCUT2D eigenvalue weighted by molar-refractivity contribution is 5.15. The Morgan fingerprint density at radius 1 is 1.18 bits per heavy atom. The SMILES string of the molecule is CCCC1C(CC(C)(O)CCC)CCN1Cc1ccccc1. The van der Waals surface area contributed by atoms with Crippen molar-refractivity contribution in [3.8, 4) is 0 Å². The van der Waals surface area contributed by atoms with Crippen LogP contribution in [0.5, 0.6) is 0 Å². The lowest BCUT2D eigenvalue weighted by Gasteiger charge is -2.32. The van der Waals surface area contributed by atoms with Gasteiger partial charge in [-0.2, -0.15) is 0 Å². The van der Waals surface area contributed by atoms with E-state index in [1.54, 1.807) is 0 Å². The molecule has 1 aromatic carbocycles. The summed E-state index contributed by atoms with van der Waals surface area (Å²) in [5.74, 6) is 0.644. The Balaban J connectivity index is 2.01. The summed E-state index contributed by atoms with van der Waals surface area (Å²) in [6, 6.07) is 11.4. The van der Waals surface area contributed by atoms with Crippen LogP contribution in [0.1, 0.15) is 64.9 Å². The predicted molar refractivity (Wildman–Crippen MR) is 93.8 cm³/mol. The molecule has 1 aliphatic heterocycles. The number of hydrogen-bond acceptors (Lipinski definition) is 2. The van der Waals surface area contributed by atoms with Crippen molar-refractivity contribution in [1.29, 1.82) is 0 Å². The number of hydrogen-bond donors (Lipinski definition) is 1. The normalized spacial score (nSPS) is 25.3. The summed E-state index contributed by atoms with van der Waals surface area (Å²) < 4.78 is 0. The maximum Gasteiger partial charge on any atom is 0.0623 e. The Kier molecular flexibility index (Phi) is 6.46. The molecular formula is C20H33NO. The topological polar surface area (TPSA) is 23.5 Å². The van der Waals surface area contributed by atoms with Gasteiger partial charge in [-0.1, -0.05) is 57.0 Å². The molecule has 1 aliphatic rings. The fourth-order valence-electron chi connectivity index (χ4n) is 4.16. The second-order valence-electron chi connectivity index (χ2n) is 7.31. The van der Waals surface area contributed by atoms with Gasteiger partial charge in [-0.05, 0) is 50.6 Å². The molecular weight excluding hydrogens is 270 g/mol. The van der Waals surface area contributed by atoms with E-state index in [1.165, 1.54) is 31.4 Å². The summed E-state index contributed by atoms with van der Waals surface area (Å²) in [4.78, 5) is 2.64. The molecule has 124 valence electrons. The van der Waals surface area contributed by atoms with Crippen molar-refractivity contribution in [2.45, 2.75) is 77.5 Å². The predicted octanol–water partition coefficient (Wildman–Crippen LogP) is 4.62. The minimum Gasteiger partial charge on any atom is -0.390 e. The van der Waals surface area contributed by atoms with Gasteiger partial charge in [0.15, 0.2) is 0 Å². The highest BCUT2D eigenvalue weighted by Crippen LogP contribution is 2.36. The van der Waals surface area contributed by atoms with Crippen LogP contribution in [0, 0.1) is 5.92 Å². The number of aliphatic hydroxyl groups is 1. The zero-order valence-electron chi connectivity index (χ0n) is 14.6. The monoisotopic (exact) mass is 303 g/mol. The zero-order valence-corrected chi connectivity index (χ0v) is 14.6. The summed E-state index contributed by atoms with van der Waals surface area (Å²) in [6.45, 7) is 8.69. The number of rotatable bonds is 8. The maximum atomic E-state index is 10.6. The van der Waals surface area contributed by atoms with Gasteiger partial charge >= 0.3 is 0 Å². The lowest BCUT2D eigenvalue weighted by molar-refractivity contribution is 0.0176. The van der Waals surface area contributed by atoms with Crippen LogP contribution in [0.2, 0.25) is 0 Å². The van der Waals surface area contributed by atoms with Crippen molar-refractivity contribution in [1.82, 2.24) is 4.90 Å². The average Bonchev–Trinajstić information content (AvgIpc) is 2.82. The van der Waals surface area contributed by atoms with Gasteiger partial charge in [-0.25, -0.2) is 0 Å². The molecule has 1 N–H and O–H groups in total. The van der Waals surface area contributed by atoms with Crippen LogP contribution >= 0.6 is 0 Å². The van der Waals surface area contributed by atoms with E-state index in [9.17, 15) is 5.11 Å². The Labute approximate surface area is 136 Å². The Hall–Kier alpha value is -0.860. The first-order valence-electron chi connectivity index (χ1n) is 9.06. The third kappa shape index (κ3) is 4.82. The smallest absolute Gasteiger partial charge is 0.0623 e. The molecule has 3 atom stereocenters. The average molecular weight is 303 g/mol. The van der Waals surface area contributed by atoms with Gasteiger partial charge in [0.2, 0.25) is 0 Å². The van der Waals surface area contributed by atoms with Crippen LogP contribution in [-0.2, 0) is 6.54 Å². The van der Waals surface area contributed by atoms with Crippen molar-refractivity contribution >= 4 is 0 Å². The lowest BCUT2D eigenvalue weighted by Crippen LogP contribution is -2.36. The standard InChI is InChI=1S/C20H33NO/c1-4-9-19-18(15-20(3,22)13-5-2)12-14-21(19)16-17-10-7-6-8-11-17/h6-8,10-11,18-19,22H,4-5,9,12-16H2,1-3H3. The van der Waals surface area contributed by atoms with Gasteiger partial charge in [0.05, 0.1) is 5.60 Å². The molecule has 1 saturated heterocycles. The van der Waals surface area contributed by atoms with Gasteiger partial charge in [0.1, 0.15) is 0 Å². The first kappa shape index (κ1) is 17.5. The summed E-state index contributed by atoms with van der Waals surface area (Å²) in [7, 11) is 0. The van der Waals surface area contributed by atoms with Gasteiger partial charge in [0.25, 0.3) is 0 Å². The molecule has 0 aromatic heterocycles. The van der Waals surface area contributed by atoms with Crippen LogP contribution < -0.4 is 0 Å². The van der Waals surface area contributed by atoms with E-state index in [4.69, 9.17) is 0 Å². The summed E-state index contributed by atoms with van der Waals surface area (Å²) >= 11 is 0.